The molecule has 1 heterocycles. The highest BCUT2D eigenvalue weighted by Crippen LogP contribution is 2.24. The van der Waals surface area contributed by atoms with E-state index >= 15 is 0 Å². The molecule has 108 valence electrons. The number of nitrogens with zero attached hydrogens (tertiary/aromatic N) is 2. The van der Waals surface area contributed by atoms with Gasteiger partial charge in [-0.15, -0.1) is 0 Å². The highest BCUT2D eigenvalue weighted by molar-refractivity contribution is 5.38. The van der Waals surface area contributed by atoms with Crippen LogP contribution in [0, 0.1) is 13.8 Å². The summed E-state index contributed by atoms with van der Waals surface area (Å²) < 4.78 is 7.49. The number of rotatable bonds is 5. The Bertz CT molecular complexity index is 589. The summed E-state index contributed by atoms with van der Waals surface area (Å²) in [5.41, 5.74) is 4.61. The summed E-state index contributed by atoms with van der Waals surface area (Å²) in [5, 5.41) is 7.78. The maximum absolute atomic E-state index is 5.47. The molecular formula is C16H23N3O. The van der Waals surface area contributed by atoms with E-state index in [-0.39, 0.29) is 0 Å². The zero-order valence-corrected chi connectivity index (χ0v) is 12.9. The largest absolute Gasteiger partial charge is 0.496 e. The summed E-state index contributed by atoms with van der Waals surface area (Å²) in [6, 6.07) is 8.73. The van der Waals surface area contributed by atoms with E-state index in [1.165, 1.54) is 5.56 Å². The van der Waals surface area contributed by atoms with Gasteiger partial charge in [0.2, 0.25) is 0 Å². The number of hydrogen-bond acceptors (Lipinski definition) is 3. The minimum Gasteiger partial charge on any atom is -0.496 e. The number of hydrogen-bond donors (Lipinski definition) is 1. The van der Waals surface area contributed by atoms with Crippen LogP contribution in [0.2, 0.25) is 0 Å². The summed E-state index contributed by atoms with van der Waals surface area (Å²) in [6.07, 6.45) is 0. The Kier molecular flexibility index (Phi) is 4.45. The van der Waals surface area contributed by atoms with Gasteiger partial charge < -0.3 is 10.1 Å². The van der Waals surface area contributed by atoms with Crippen molar-refractivity contribution in [2.75, 3.05) is 14.2 Å². The van der Waals surface area contributed by atoms with E-state index in [0.29, 0.717) is 6.04 Å². The molecule has 4 nitrogen and oxygen atoms in total. The average molecular weight is 273 g/mol. The van der Waals surface area contributed by atoms with Gasteiger partial charge in [0.1, 0.15) is 5.75 Å². The molecular weight excluding hydrogens is 250 g/mol. The topological polar surface area (TPSA) is 39.1 Å². The molecule has 0 fully saturated rings. The van der Waals surface area contributed by atoms with E-state index in [1.807, 2.05) is 24.7 Å². The Morgan fingerprint density at radius 3 is 2.60 bits per heavy atom. The molecule has 20 heavy (non-hydrogen) atoms. The number of aryl methyl sites for hydroxylation is 2. The van der Waals surface area contributed by atoms with Gasteiger partial charge in [0.15, 0.2) is 0 Å². The number of aromatic nitrogens is 2. The zero-order chi connectivity index (χ0) is 14.7. The van der Waals surface area contributed by atoms with Crippen LogP contribution < -0.4 is 10.1 Å². The van der Waals surface area contributed by atoms with Crippen LogP contribution in [0.15, 0.2) is 24.3 Å². The van der Waals surface area contributed by atoms with E-state index < -0.39 is 0 Å². The first-order valence-electron chi connectivity index (χ1n) is 6.90. The second-order valence-corrected chi connectivity index (χ2v) is 5.17. The summed E-state index contributed by atoms with van der Waals surface area (Å²) in [5.74, 6) is 0.907. The van der Waals surface area contributed by atoms with Crippen LogP contribution in [0.3, 0.4) is 0 Å². The normalized spacial score (nSPS) is 12.4. The van der Waals surface area contributed by atoms with Gasteiger partial charge in [0, 0.05) is 17.3 Å². The smallest absolute Gasteiger partial charge is 0.123 e. The van der Waals surface area contributed by atoms with Gasteiger partial charge in [-0.05, 0) is 51.6 Å². The summed E-state index contributed by atoms with van der Waals surface area (Å²) in [4.78, 5) is 0. The lowest BCUT2D eigenvalue weighted by molar-refractivity contribution is 0.406. The van der Waals surface area contributed by atoms with Crippen molar-refractivity contribution in [3.8, 4) is 5.75 Å². The Balaban J connectivity index is 2.35. The molecule has 0 aliphatic rings. The van der Waals surface area contributed by atoms with Crippen LogP contribution in [0.25, 0.3) is 0 Å². The van der Waals surface area contributed by atoms with Crippen LogP contribution in [-0.4, -0.2) is 23.9 Å². The Labute approximate surface area is 120 Å². The zero-order valence-electron chi connectivity index (χ0n) is 12.9. The second kappa shape index (κ2) is 6.09. The molecule has 0 saturated heterocycles. The Hall–Kier alpha value is -1.81. The molecule has 0 amide bonds. The predicted octanol–water partition coefficient (Wildman–Crippen LogP) is 2.84. The van der Waals surface area contributed by atoms with E-state index in [1.54, 1.807) is 7.11 Å². The van der Waals surface area contributed by atoms with Gasteiger partial charge in [-0.3, -0.25) is 4.68 Å². The molecule has 1 atom stereocenters. The molecule has 4 heteroatoms. The third-order valence-electron chi connectivity index (χ3n) is 3.66. The highest BCUT2D eigenvalue weighted by atomic mass is 16.5. The fourth-order valence-corrected chi connectivity index (χ4v) is 2.35. The highest BCUT2D eigenvalue weighted by Gasteiger charge is 2.10. The van der Waals surface area contributed by atoms with Gasteiger partial charge in [0.25, 0.3) is 0 Å². The molecule has 1 aromatic heterocycles. The summed E-state index contributed by atoms with van der Waals surface area (Å²) >= 11 is 0. The van der Waals surface area contributed by atoms with Crippen molar-refractivity contribution in [1.82, 2.24) is 15.1 Å². The molecule has 2 rings (SSSR count). The van der Waals surface area contributed by atoms with Crippen LogP contribution >= 0.6 is 0 Å². The average Bonchev–Trinajstić information content (AvgIpc) is 2.76. The van der Waals surface area contributed by atoms with E-state index in [0.717, 1.165) is 29.2 Å². The minimum absolute atomic E-state index is 0.320. The van der Waals surface area contributed by atoms with Gasteiger partial charge in [-0.1, -0.05) is 6.07 Å². The molecule has 2 aromatic rings. The fourth-order valence-electron chi connectivity index (χ4n) is 2.35. The molecule has 1 aromatic carbocycles. The van der Waals surface area contributed by atoms with Crippen LogP contribution in [0.1, 0.15) is 35.5 Å². The number of methoxy groups -OCH3 is 1. The van der Waals surface area contributed by atoms with Gasteiger partial charge >= 0.3 is 0 Å². The van der Waals surface area contributed by atoms with E-state index in [9.17, 15) is 0 Å². The Morgan fingerprint density at radius 2 is 2.05 bits per heavy atom. The van der Waals surface area contributed by atoms with Crippen molar-refractivity contribution in [2.24, 2.45) is 0 Å². The van der Waals surface area contributed by atoms with Crippen LogP contribution in [0.4, 0.5) is 0 Å². The second-order valence-electron chi connectivity index (χ2n) is 5.17. The lowest BCUT2D eigenvalue weighted by Crippen LogP contribution is -2.13. The van der Waals surface area contributed by atoms with Crippen molar-refractivity contribution in [3.63, 3.8) is 0 Å². The minimum atomic E-state index is 0.320. The molecule has 0 radical (unpaired) electrons. The van der Waals surface area contributed by atoms with Crippen molar-refractivity contribution in [3.05, 3.63) is 46.8 Å². The molecule has 0 aliphatic carbocycles. The number of benzene rings is 1. The molecule has 1 unspecified atom stereocenters. The molecule has 0 bridgehead atoms. The fraction of sp³-hybridized carbons (Fsp3) is 0.438. The maximum Gasteiger partial charge on any atom is 0.123 e. The van der Waals surface area contributed by atoms with Crippen molar-refractivity contribution >= 4 is 0 Å². The summed E-state index contributed by atoms with van der Waals surface area (Å²) in [7, 11) is 3.68. The van der Waals surface area contributed by atoms with E-state index in [2.05, 4.69) is 42.5 Å². The monoisotopic (exact) mass is 273 g/mol. The van der Waals surface area contributed by atoms with Gasteiger partial charge in [0.05, 0.1) is 19.3 Å². The SMILES string of the molecule is CNC(C)c1ccc(OC)c(Cn2nc(C)cc2C)c1. The Morgan fingerprint density at radius 1 is 1.30 bits per heavy atom. The maximum atomic E-state index is 5.47. The predicted molar refractivity (Wildman–Crippen MR) is 81.3 cm³/mol. The first-order valence-corrected chi connectivity index (χ1v) is 6.90. The third kappa shape index (κ3) is 3.02. The number of ether oxygens (including phenoxy) is 1. The lowest BCUT2D eigenvalue weighted by Gasteiger charge is -2.15. The lowest BCUT2D eigenvalue weighted by atomic mass is 10.0. The first kappa shape index (κ1) is 14.6. The van der Waals surface area contributed by atoms with Gasteiger partial charge in [-0.2, -0.15) is 5.10 Å². The number of nitrogens with one attached hydrogen (secondary N) is 1. The first-order chi connectivity index (χ1) is 9.55. The third-order valence-corrected chi connectivity index (χ3v) is 3.66. The van der Waals surface area contributed by atoms with Crippen molar-refractivity contribution in [1.29, 1.82) is 0 Å². The molecule has 0 saturated carbocycles. The van der Waals surface area contributed by atoms with Gasteiger partial charge in [-0.25, -0.2) is 0 Å². The molecule has 1 N–H and O–H groups in total. The summed E-state index contributed by atoms with van der Waals surface area (Å²) in [6.45, 7) is 6.97. The van der Waals surface area contributed by atoms with Crippen molar-refractivity contribution < 1.29 is 4.74 Å². The van der Waals surface area contributed by atoms with Crippen LogP contribution in [0.5, 0.6) is 5.75 Å². The van der Waals surface area contributed by atoms with Crippen LogP contribution in [-0.2, 0) is 6.54 Å². The molecule has 0 aliphatic heterocycles. The van der Waals surface area contributed by atoms with Crippen molar-refractivity contribution in [2.45, 2.75) is 33.4 Å². The quantitative estimate of drug-likeness (QED) is 0.910. The van der Waals surface area contributed by atoms with E-state index in [4.69, 9.17) is 4.74 Å². The standard InChI is InChI=1S/C16H23N3O/c1-11-8-12(2)19(18-11)10-15-9-14(13(3)17-4)6-7-16(15)20-5/h6-9,13,17H,10H2,1-5H3. The molecule has 0 spiro atoms.